The molecule has 1 atom stereocenters. The maximum Gasteiger partial charge on any atom is -0.0353 e. The fraction of sp³-hybridized carbons (Fsp3) is 0.818. The molecule has 11 heavy (non-hydrogen) atoms. The van der Waals surface area contributed by atoms with Crippen LogP contribution in [-0.2, 0) is 0 Å². The largest absolute Gasteiger partial charge is 0.103 e. The molecule has 0 bridgehead atoms. The Balaban J connectivity index is 3.43. The molecule has 0 N–H and O–H groups in total. The average Bonchev–Trinajstić information content (AvgIpc) is 1.97. The summed E-state index contributed by atoms with van der Waals surface area (Å²) >= 11 is 0. The Morgan fingerprint density at radius 1 is 1.36 bits per heavy atom. The van der Waals surface area contributed by atoms with E-state index in [-0.39, 0.29) is 0 Å². The lowest BCUT2D eigenvalue weighted by Crippen LogP contribution is -2.06. The van der Waals surface area contributed by atoms with Crippen LogP contribution in [0.4, 0.5) is 0 Å². The Kier molecular flexibility index (Phi) is 6.30. The van der Waals surface area contributed by atoms with Gasteiger partial charge in [-0.1, -0.05) is 33.3 Å². The number of rotatable bonds is 6. The smallest absolute Gasteiger partial charge is 0.0353 e. The summed E-state index contributed by atoms with van der Waals surface area (Å²) in [6.07, 6.45) is 7.23. The Morgan fingerprint density at radius 2 is 2.00 bits per heavy atom. The molecular weight excluding hydrogens is 132 g/mol. The first-order valence-electron chi connectivity index (χ1n) is 4.83. The summed E-state index contributed by atoms with van der Waals surface area (Å²) in [7, 11) is 0. The quantitative estimate of drug-likeness (QED) is 0.400. The summed E-state index contributed by atoms with van der Waals surface area (Å²) < 4.78 is 0. The second-order valence-corrected chi connectivity index (χ2v) is 3.63. The highest BCUT2D eigenvalue weighted by Crippen LogP contribution is 2.21. The van der Waals surface area contributed by atoms with Gasteiger partial charge in [0.05, 0.1) is 0 Å². The van der Waals surface area contributed by atoms with Crippen LogP contribution < -0.4 is 0 Å². The second-order valence-electron chi connectivity index (χ2n) is 3.63. The lowest BCUT2D eigenvalue weighted by molar-refractivity contribution is 0.342. The molecule has 0 fully saturated rings. The van der Waals surface area contributed by atoms with Gasteiger partial charge in [0.2, 0.25) is 0 Å². The van der Waals surface area contributed by atoms with Gasteiger partial charge in [0.15, 0.2) is 0 Å². The molecule has 0 heteroatoms. The Morgan fingerprint density at radius 3 is 2.36 bits per heavy atom. The van der Waals surface area contributed by atoms with E-state index in [2.05, 4.69) is 27.4 Å². The van der Waals surface area contributed by atoms with Crippen LogP contribution in [0.3, 0.4) is 0 Å². The van der Waals surface area contributed by atoms with Gasteiger partial charge in [0, 0.05) is 0 Å². The third-order valence-corrected chi connectivity index (χ3v) is 2.45. The molecule has 0 aromatic carbocycles. The van der Waals surface area contributed by atoms with Crippen LogP contribution in [0.1, 0.15) is 46.5 Å². The standard InChI is InChI=1S/C11H22/c1-5-7-8-9-11(6-2)10(3)4/h5,10-11H,1,6-9H2,2-4H3. The van der Waals surface area contributed by atoms with Gasteiger partial charge in [0.1, 0.15) is 0 Å². The highest BCUT2D eigenvalue weighted by atomic mass is 14.1. The highest BCUT2D eigenvalue weighted by Gasteiger charge is 2.09. The molecule has 0 saturated carbocycles. The first-order chi connectivity index (χ1) is 5.22. The third-order valence-electron chi connectivity index (χ3n) is 2.45. The van der Waals surface area contributed by atoms with Crippen molar-refractivity contribution in [2.45, 2.75) is 46.5 Å². The zero-order valence-corrected chi connectivity index (χ0v) is 8.27. The molecule has 0 aromatic rings. The predicted molar refractivity (Wildman–Crippen MR) is 52.7 cm³/mol. The topological polar surface area (TPSA) is 0 Å². The lowest BCUT2D eigenvalue weighted by atomic mass is 9.88. The summed E-state index contributed by atoms with van der Waals surface area (Å²) in [4.78, 5) is 0. The number of hydrogen-bond acceptors (Lipinski definition) is 0. The maximum absolute atomic E-state index is 3.73. The first-order valence-corrected chi connectivity index (χ1v) is 4.83. The van der Waals surface area contributed by atoms with Crippen LogP contribution >= 0.6 is 0 Å². The molecule has 0 saturated heterocycles. The monoisotopic (exact) mass is 154 g/mol. The van der Waals surface area contributed by atoms with Crippen molar-refractivity contribution in [1.82, 2.24) is 0 Å². The van der Waals surface area contributed by atoms with E-state index in [0.717, 1.165) is 11.8 Å². The van der Waals surface area contributed by atoms with Crippen molar-refractivity contribution in [3.05, 3.63) is 12.7 Å². The molecule has 0 amide bonds. The minimum absolute atomic E-state index is 0.852. The average molecular weight is 154 g/mol. The Hall–Kier alpha value is -0.260. The first kappa shape index (κ1) is 10.7. The van der Waals surface area contributed by atoms with Crippen LogP contribution in [0.5, 0.6) is 0 Å². The normalized spacial score (nSPS) is 13.5. The Bertz CT molecular complexity index is 92.2. The predicted octanol–water partition coefficient (Wildman–Crippen LogP) is 4.02. The fourth-order valence-corrected chi connectivity index (χ4v) is 1.53. The molecule has 66 valence electrons. The van der Waals surface area contributed by atoms with Crippen molar-refractivity contribution >= 4 is 0 Å². The van der Waals surface area contributed by atoms with Gasteiger partial charge in [0.25, 0.3) is 0 Å². The maximum atomic E-state index is 3.73. The van der Waals surface area contributed by atoms with Crippen molar-refractivity contribution in [1.29, 1.82) is 0 Å². The zero-order valence-electron chi connectivity index (χ0n) is 8.27. The number of unbranched alkanes of at least 4 members (excludes halogenated alkanes) is 1. The van der Waals surface area contributed by atoms with Crippen LogP contribution in [0.15, 0.2) is 12.7 Å². The van der Waals surface area contributed by atoms with Crippen molar-refractivity contribution in [3.63, 3.8) is 0 Å². The van der Waals surface area contributed by atoms with Gasteiger partial charge in [-0.3, -0.25) is 0 Å². The fourth-order valence-electron chi connectivity index (χ4n) is 1.53. The van der Waals surface area contributed by atoms with Crippen molar-refractivity contribution in [2.24, 2.45) is 11.8 Å². The van der Waals surface area contributed by atoms with Crippen LogP contribution in [0, 0.1) is 11.8 Å². The van der Waals surface area contributed by atoms with E-state index in [1.807, 2.05) is 6.08 Å². The van der Waals surface area contributed by atoms with Crippen molar-refractivity contribution < 1.29 is 0 Å². The molecule has 0 nitrogen and oxygen atoms in total. The summed E-state index contributed by atoms with van der Waals surface area (Å²) in [6.45, 7) is 10.7. The molecule has 1 unspecified atom stereocenters. The summed E-state index contributed by atoms with van der Waals surface area (Å²) in [6, 6.07) is 0. The van der Waals surface area contributed by atoms with Gasteiger partial charge in [-0.2, -0.15) is 0 Å². The van der Waals surface area contributed by atoms with E-state index in [9.17, 15) is 0 Å². The molecule has 0 aliphatic carbocycles. The van der Waals surface area contributed by atoms with Gasteiger partial charge >= 0.3 is 0 Å². The molecule has 0 spiro atoms. The van der Waals surface area contributed by atoms with Crippen LogP contribution in [0.2, 0.25) is 0 Å². The van der Waals surface area contributed by atoms with Gasteiger partial charge in [-0.05, 0) is 31.1 Å². The van der Waals surface area contributed by atoms with E-state index in [4.69, 9.17) is 0 Å². The number of hydrogen-bond donors (Lipinski definition) is 0. The summed E-state index contributed by atoms with van der Waals surface area (Å²) in [5.41, 5.74) is 0. The molecule has 0 heterocycles. The van der Waals surface area contributed by atoms with Gasteiger partial charge in [-0.15, -0.1) is 6.58 Å². The highest BCUT2D eigenvalue weighted by molar-refractivity contribution is 4.68. The summed E-state index contributed by atoms with van der Waals surface area (Å²) in [5.74, 6) is 1.78. The Labute approximate surface area is 71.7 Å². The van der Waals surface area contributed by atoms with Crippen molar-refractivity contribution in [3.8, 4) is 0 Å². The van der Waals surface area contributed by atoms with E-state index >= 15 is 0 Å². The van der Waals surface area contributed by atoms with E-state index in [0.29, 0.717) is 0 Å². The molecule has 0 aliphatic heterocycles. The van der Waals surface area contributed by atoms with E-state index in [1.54, 1.807) is 0 Å². The minimum Gasteiger partial charge on any atom is -0.103 e. The third kappa shape index (κ3) is 5.06. The molecule has 0 radical (unpaired) electrons. The second kappa shape index (κ2) is 6.45. The molecule has 0 aromatic heterocycles. The minimum atomic E-state index is 0.852. The van der Waals surface area contributed by atoms with E-state index < -0.39 is 0 Å². The SMILES string of the molecule is C=CCCCC(CC)C(C)C. The van der Waals surface area contributed by atoms with Crippen LogP contribution in [-0.4, -0.2) is 0 Å². The zero-order chi connectivity index (χ0) is 8.69. The molecular formula is C11H22. The molecule has 0 aliphatic rings. The molecule has 0 rings (SSSR count). The van der Waals surface area contributed by atoms with Gasteiger partial charge in [-0.25, -0.2) is 0 Å². The van der Waals surface area contributed by atoms with Crippen LogP contribution in [0.25, 0.3) is 0 Å². The van der Waals surface area contributed by atoms with Gasteiger partial charge < -0.3 is 0 Å². The van der Waals surface area contributed by atoms with Crippen molar-refractivity contribution in [2.75, 3.05) is 0 Å². The lowest BCUT2D eigenvalue weighted by Gasteiger charge is -2.17. The number of allylic oxidation sites excluding steroid dienone is 1. The van der Waals surface area contributed by atoms with E-state index in [1.165, 1.54) is 25.7 Å². The summed E-state index contributed by atoms with van der Waals surface area (Å²) in [5, 5.41) is 0.